The molecule has 0 radical (unpaired) electrons. The van der Waals surface area contributed by atoms with Crippen molar-refractivity contribution in [1.82, 2.24) is 30.2 Å². The second-order valence-corrected chi connectivity index (χ2v) is 4.53. The number of hydrogen-bond donors (Lipinski definition) is 1. The number of nitrogens with zero attached hydrogens (tertiary/aromatic N) is 6. The van der Waals surface area contributed by atoms with Gasteiger partial charge in [-0.1, -0.05) is 0 Å². The van der Waals surface area contributed by atoms with Gasteiger partial charge in [0.25, 0.3) is 0 Å². The monoisotopic (exact) mass is 274 g/mol. The molecule has 0 saturated carbocycles. The number of pyridine rings is 1. The highest BCUT2D eigenvalue weighted by Crippen LogP contribution is 2.23. The van der Waals surface area contributed by atoms with Gasteiger partial charge in [0.1, 0.15) is 10.1 Å². The molecule has 19 heavy (non-hydrogen) atoms. The molecule has 3 heterocycles. The van der Waals surface area contributed by atoms with Crippen molar-refractivity contribution < 1.29 is 9.90 Å². The smallest absolute Gasteiger partial charge is 0.337 e. The summed E-state index contributed by atoms with van der Waals surface area (Å²) in [6, 6.07) is 6.62. The maximum atomic E-state index is 10.7. The van der Waals surface area contributed by atoms with Crippen LogP contribution in [0.1, 0.15) is 10.4 Å². The van der Waals surface area contributed by atoms with Crippen molar-refractivity contribution in [1.29, 1.82) is 0 Å². The van der Waals surface area contributed by atoms with Crippen molar-refractivity contribution in [2.75, 3.05) is 0 Å². The highest BCUT2D eigenvalue weighted by Gasteiger charge is 2.06. The average molecular weight is 274 g/mol. The number of tetrazole rings is 1. The van der Waals surface area contributed by atoms with E-state index in [-0.39, 0.29) is 5.56 Å². The molecule has 0 saturated heterocycles. The second kappa shape index (κ2) is 4.61. The molecule has 3 rings (SSSR count). The van der Waals surface area contributed by atoms with Crippen LogP contribution in [0, 0.1) is 0 Å². The highest BCUT2D eigenvalue weighted by molar-refractivity contribution is 7.99. The second-order valence-electron chi connectivity index (χ2n) is 3.49. The van der Waals surface area contributed by atoms with Crippen molar-refractivity contribution in [2.24, 2.45) is 0 Å². The quantitative estimate of drug-likeness (QED) is 0.746. The van der Waals surface area contributed by atoms with Crippen LogP contribution in [0.5, 0.6) is 0 Å². The van der Waals surface area contributed by atoms with Crippen LogP contribution in [0.25, 0.3) is 5.65 Å². The van der Waals surface area contributed by atoms with E-state index in [0.29, 0.717) is 15.7 Å². The highest BCUT2D eigenvalue weighted by atomic mass is 32.2. The van der Waals surface area contributed by atoms with E-state index < -0.39 is 5.97 Å². The predicted molar refractivity (Wildman–Crippen MR) is 63.9 cm³/mol. The SMILES string of the molecule is O=C(O)c1ccc(Sc2ccc3nnnn3n2)nc1. The summed E-state index contributed by atoms with van der Waals surface area (Å²) in [4.78, 5) is 14.7. The van der Waals surface area contributed by atoms with Gasteiger partial charge in [0, 0.05) is 6.20 Å². The minimum absolute atomic E-state index is 0.147. The molecule has 0 aliphatic heterocycles. The van der Waals surface area contributed by atoms with Gasteiger partial charge in [-0.15, -0.1) is 14.8 Å². The van der Waals surface area contributed by atoms with E-state index in [9.17, 15) is 4.79 Å². The standard InChI is InChI=1S/C10H6N6O2S/c17-10(18)6-1-3-8(11-5-6)19-9-4-2-7-12-14-15-16(7)13-9/h1-5H,(H,17,18). The largest absolute Gasteiger partial charge is 0.478 e. The number of rotatable bonds is 3. The van der Waals surface area contributed by atoms with Gasteiger partial charge in [-0.25, -0.2) is 9.78 Å². The molecule has 9 heteroatoms. The Morgan fingerprint density at radius 2 is 2.05 bits per heavy atom. The molecular weight excluding hydrogens is 268 g/mol. The van der Waals surface area contributed by atoms with Crippen LogP contribution in [-0.2, 0) is 0 Å². The van der Waals surface area contributed by atoms with E-state index in [1.165, 1.54) is 28.7 Å². The molecule has 94 valence electrons. The van der Waals surface area contributed by atoms with Crippen LogP contribution in [0.2, 0.25) is 0 Å². The van der Waals surface area contributed by atoms with Crippen LogP contribution < -0.4 is 0 Å². The Balaban J connectivity index is 1.85. The Labute approximate surface area is 110 Å². The molecule has 0 atom stereocenters. The van der Waals surface area contributed by atoms with E-state index >= 15 is 0 Å². The van der Waals surface area contributed by atoms with Gasteiger partial charge >= 0.3 is 5.97 Å². The van der Waals surface area contributed by atoms with Crippen molar-refractivity contribution in [3.05, 3.63) is 36.0 Å². The number of aromatic carboxylic acids is 1. The zero-order chi connectivity index (χ0) is 13.2. The third kappa shape index (κ3) is 2.36. The summed E-state index contributed by atoms with van der Waals surface area (Å²) in [6.07, 6.45) is 1.31. The summed E-state index contributed by atoms with van der Waals surface area (Å²) in [5.41, 5.74) is 0.701. The number of fused-ring (bicyclic) bond motifs is 1. The van der Waals surface area contributed by atoms with E-state index in [2.05, 4.69) is 25.6 Å². The first-order valence-electron chi connectivity index (χ1n) is 5.15. The summed E-state index contributed by atoms with van der Waals surface area (Å²) >= 11 is 1.29. The molecule has 0 bridgehead atoms. The average Bonchev–Trinajstić information content (AvgIpc) is 2.87. The summed E-state index contributed by atoms with van der Waals surface area (Å²) in [6.45, 7) is 0. The summed E-state index contributed by atoms with van der Waals surface area (Å²) in [7, 11) is 0. The van der Waals surface area contributed by atoms with Crippen LogP contribution in [0.4, 0.5) is 0 Å². The number of aromatic nitrogens is 6. The Bertz CT molecular complexity index is 741. The van der Waals surface area contributed by atoms with Gasteiger partial charge in [0.15, 0.2) is 5.65 Å². The first-order valence-corrected chi connectivity index (χ1v) is 5.97. The van der Waals surface area contributed by atoms with Crippen LogP contribution in [-0.4, -0.2) is 41.3 Å². The van der Waals surface area contributed by atoms with E-state index in [1.54, 1.807) is 18.2 Å². The molecular formula is C10H6N6O2S. The number of carboxylic acids is 1. The summed E-state index contributed by atoms with van der Waals surface area (Å²) in [5, 5.41) is 25.2. The number of carbonyl (C=O) groups is 1. The van der Waals surface area contributed by atoms with Crippen molar-refractivity contribution in [3.63, 3.8) is 0 Å². The third-order valence-corrected chi connectivity index (χ3v) is 3.12. The van der Waals surface area contributed by atoms with Crippen molar-refractivity contribution >= 4 is 23.4 Å². The Hall–Kier alpha value is -2.55. The Kier molecular flexibility index (Phi) is 2.80. The fraction of sp³-hybridized carbons (Fsp3) is 0. The third-order valence-electron chi connectivity index (χ3n) is 2.24. The molecule has 1 N–H and O–H groups in total. The van der Waals surface area contributed by atoms with Crippen LogP contribution in [0.3, 0.4) is 0 Å². The Morgan fingerprint density at radius 3 is 2.79 bits per heavy atom. The van der Waals surface area contributed by atoms with Crippen LogP contribution >= 0.6 is 11.8 Å². The number of hydrogen-bond acceptors (Lipinski definition) is 7. The van der Waals surface area contributed by atoms with E-state index in [1.807, 2.05) is 0 Å². The van der Waals surface area contributed by atoms with E-state index in [4.69, 9.17) is 5.11 Å². The molecule has 3 aromatic heterocycles. The molecule has 0 aliphatic rings. The fourth-order valence-electron chi connectivity index (χ4n) is 1.36. The molecule has 3 aromatic rings. The van der Waals surface area contributed by atoms with Gasteiger partial charge < -0.3 is 5.11 Å². The first-order chi connectivity index (χ1) is 9.22. The molecule has 0 amide bonds. The lowest BCUT2D eigenvalue weighted by molar-refractivity contribution is 0.0696. The maximum absolute atomic E-state index is 10.7. The zero-order valence-electron chi connectivity index (χ0n) is 9.33. The van der Waals surface area contributed by atoms with Gasteiger partial charge in [-0.3, -0.25) is 0 Å². The first kappa shape index (κ1) is 11.5. The minimum atomic E-state index is -1.00. The lowest BCUT2D eigenvalue weighted by Gasteiger charge is -2.00. The fourth-order valence-corrected chi connectivity index (χ4v) is 2.07. The predicted octanol–water partition coefficient (Wildman–Crippen LogP) is 0.764. The normalized spacial score (nSPS) is 10.7. The number of carboxylic acid groups (broad SMARTS) is 1. The van der Waals surface area contributed by atoms with Crippen molar-refractivity contribution in [3.8, 4) is 0 Å². The molecule has 0 spiro atoms. The maximum Gasteiger partial charge on any atom is 0.337 e. The summed E-state index contributed by atoms with van der Waals surface area (Å²) in [5.74, 6) is -1.00. The zero-order valence-corrected chi connectivity index (χ0v) is 10.2. The van der Waals surface area contributed by atoms with Gasteiger partial charge in [-0.2, -0.15) is 0 Å². The van der Waals surface area contributed by atoms with Gasteiger partial charge in [0.05, 0.1) is 5.56 Å². The molecule has 0 aromatic carbocycles. The van der Waals surface area contributed by atoms with Crippen molar-refractivity contribution in [2.45, 2.75) is 10.1 Å². The molecule has 8 nitrogen and oxygen atoms in total. The lowest BCUT2D eigenvalue weighted by atomic mass is 10.3. The minimum Gasteiger partial charge on any atom is -0.478 e. The van der Waals surface area contributed by atoms with E-state index in [0.717, 1.165) is 0 Å². The van der Waals surface area contributed by atoms with Crippen LogP contribution in [0.15, 0.2) is 40.5 Å². The molecule has 0 unspecified atom stereocenters. The summed E-state index contributed by atoms with van der Waals surface area (Å²) < 4.78 is 1.31. The van der Waals surface area contributed by atoms with Gasteiger partial charge in [0.2, 0.25) is 0 Å². The topological polar surface area (TPSA) is 106 Å². The lowest BCUT2D eigenvalue weighted by Crippen LogP contribution is -1.97. The molecule has 0 fully saturated rings. The Morgan fingerprint density at radius 1 is 1.21 bits per heavy atom. The molecule has 0 aliphatic carbocycles. The van der Waals surface area contributed by atoms with Gasteiger partial charge in [-0.05, 0) is 46.5 Å².